The standard InChI is InChI=1S/C13H13FN2O/c1-9(2)16-7-11(8-17)13(15-16)10-3-5-12(14)6-4-10/h3-9H,1-2H3. The van der Waals surface area contributed by atoms with E-state index in [1.54, 1.807) is 23.0 Å². The third-order valence-corrected chi connectivity index (χ3v) is 2.53. The Morgan fingerprint density at radius 1 is 1.29 bits per heavy atom. The molecule has 0 unspecified atom stereocenters. The van der Waals surface area contributed by atoms with Gasteiger partial charge in [-0.05, 0) is 38.1 Å². The molecule has 0 aliphatic rings. The molecular formula is C13H13FN2O. The van der Waals surface area contributed by atoms with E-state index < -0.39 is 0 Å². The van der Waals surface area contributed by atoms with Crippen molar-refractivity contribution in [1.82, 2.24) is 9.78 Å². The average Bonchev–Trinajstić information content (AvgIpc) is 2.74. The molecule has 0 fully saturated rings. The Morgan fingerprint density at radius 2 is 1.94 bits per heavy atom. The Morgan fingerprint density at radius 3 is 2.47 bits per heavy atom. The number of nitrogens with zero attached hydrogens (tertiary/aromatic N) is 2. The number of carbonyl (C=O) groups is 1. The second-order valence-electron chi connectivity index (χ2n) is 4.13. The molecule has 3 nitrogen and oxygen atoms in total. The number of hydrogen-bond acceptors (Lipinski definition) is 2. The molecule has 4 heteroatoms. The van der Waals surface area contributed by atoms with E-state index in [0.29, 0.717) is 11.3 Å². The molecule has 0 spiro atoms. The maximum absolute atomic E-state index is 12.8. The number of halogens is 1. The normalized spacial score (nSPS) is 10.8. The van der Waals surface area contributed by atoms with E-state index in [2.05, 4.69) is 5.10 Å². The fourth-order valence-corrected chi connectivity index (χ4v) is 1.59. The average molecular weight is 232 g/mol. The van der Waals surface area contributed by atoms with Crippen LogP contribution in [0.5, 0.6) is 0 Å². The highest BCUT2D eigenvalue weighted by Crippen LogP contribution is 2.22. The van der Waals surface area contributed by atoms with Gasteiger partial charge in [-0.25, -0.2) is 4.39 Å². The molecule has 1 heterocycles. The third-order valence-electron chi connectivity index (χ3n) is 2.53. The van der Waals surface area contributed by atoms with Crippen molar-refractivity contribution < 1.29 is 9.18 Å². The van der Waals surface area contributed by atoms with Crippen LogP contribution in [0.1, 0.15) is 30.2 Å². The van der Waals surface area contributed by atoms with Crippen molar-refractivity contribution in [3.05, 3.63) is 41.8 Å². The van der Waals surface area contributed by atoms with Crippen molar-refractivity contribution in [2.75, 3.05) is 0 Å². The Bertz CT molecular complexity index is 529. The molecule has 0 aliphatic carbocycles. The molecule has 0 amide bonds. The van der Waals surface area contributed by atoms with Crippen molar-refractivity contribution in [3.8, 4) is 11.3 Å². The molecule has 17 heavy (non-hydrogen) atoms. The summed E-state index contributed by atoms with van der Waals surface area (Å²) >= 11 is 0. The SMILES string of the molecule is CC(C)n1cc(C=O)c(-c2ccc(F)cc2)n1. The van der Waals surface area contributed by atoms with Crippen LogP contribution in [0.3, 0.4) is 0 Å². The van der Waals surface area contributed by atoms with Crippen molar-refractivity contribution in [2.45, 2.75) is 19.9 Å². The monoisotopic (exact) mass is 232 g/mol. The summed E-state index contributed by atoms with van der Waals surface area (Å²) in [6.45, 7) is 3.96. The summed E-state index contributed by atoms with van der Waals surface area (Å²) in [6.07, 6.45) is 2.47. The maximum Gasteiger partial charge on any atom is 0.153 e. The number of rotatable bonds is 3. The van der Waals surface area contributed by atoms with Gasteiger partial charge >= 0.3 is 0 Å². The first-order chi connectivity index (χ1) is 8.11. The van der Waals surface area contributed by atoms with Gasteiger partial charge in [-0.2, -0.15) is 5.10 Å². The van der Waals surface area contributed by atoms with Crippen LogP contribution < -0.4 is 0 Å². The highest BCUT2D eigenvalue weighted by Gasteiger charge is 2.11. The van der Waals surface area contributed by atoms with Crippen LogP contribution in [-0.2, 0) is 0 Å². The van der Waals surface area contributed by atoms with Gasteiger partial charge in [0.15, 0.2) is 6.29 Å². The molecular weight excluding hydrogens is 219 g/mol. The van der Waals surface area contributed by atoms with Crippen molar-refractivity contribution >= 4 is 6.29 Å². The molecule has 2 aromatic rings. The van der Waals surface area contributed by atoms with E-state index in [0.717, 1.165) is 11.8 Å². The van der Waals surface area contributed by atoms with Crippen LogP contribution in [0.4, 0.5) is 4.39 Å². The van der Waals surface area contributed by atoms with Crippen molar-refractivity contribution in [3.63, 3.8) is 0 Å². The molecule has 0 N–H and O–H groups in total. The lowest BCUT2D eigenvalue weighted by Crippen LogP contribution is -2.00. The quantitative estimate of drug-likeness (QED) is 0.762. The molecule has 0 radical (unpaired) electrons. The topological polar surface area (TPSA) is 34.9 Å². The Kier molecular flexibility index (Phi) is 3.04. The Balaban J connectivity index is 2.50. The number of aromatic nitrogens is 2. The predicted octanol–water partition coefficient (Wildman–Crippen LogP) is 3.08. The molecule has 0 saturated heterocycles. The van der Waals surface area contributed by atoms with Gasteiger partial charge in [0.25, 0.3) is 0 Å². The third kappa shape index (κ3) is 2.25. The van der Waals surface area contributed by atoms with Crippen LogP contribution in [0.15, 0.2) is 30.5 Å². The maximum atomic E-state index is 12.8. The fraction of sp³-hybridized carbons (Fsp3) is 0.231. The van der Waals surface area contributed by atoms with Crippen LogP contribution in [-0.4, -0.2) is 16.1 Å². The molecule has 2 rings (SSSR count). The molecule has 0 bridgehead atoms. The van der Waals surface area contributed by atoms with Gasteiger partial charge in [0.1, 0.15) is 11.5 Å². The lowest BCUT2D eigenvalue weighted by molar-refractivity contribution is 0.112. The van der Waals surface area contributed by atoms with E-state index in [1.807, 2.05) is 13.8 Å². The minimum Gasteiger partial charge on any atom is -0.298 e. The lowest BCUT2D eigenvalue weighted by atomic mass is 10.1. The van der Waals surface area contributed by atoms with E-state index in [4.69, 9.17) is 0 Å². The predicted molar refractivity (Wildman–Crippen MR) is 63.4 cm³/mol. The highest BCUT2D eigenvalue weighted by molar-refractivity contribution is 5.85. The summed E-state index contributed by atoms with van der Waals surface area (Å²) in [7, 11) is 0. The van der Waals surface area contributed by atoms with Gasteiger partial charge < -0.3 is 0 Å². The molecule has 0 aliphatic heterocycles. The van der Waals surface area contributed by atoms with Crippen LogP contribution >= 0.6 is 0 Å². The van der Waals surface area contributed by atoms with Gasteiger partial charge in [0, 0.05) is 17.8 Å². The van der Waals surface area contributed by atoms with Crippen molar-refractivity contribution in [2.24, 2.45) is 0 Å². The molecule has 88 valence electrons. The summed E-state index contributed by atoms with van der Waals surface area (Å²) in [6, 6.07) is 6.14. The summed E-state index contributed by atoms with van der Waals surface area (Å²) < 4.78 is 14.5. The molecule has 1 aromatic heterocycles. The van der Waals surface area contributed by atoms with Crippen LogP contribution in [0.25, 0.3) is 11.3 Å². The number of benzene rings is 1. The summed E-state index contributed by atoms with van der Waals surface area (Å²) in [4.78, 5) is 11.0. The largest absolute Gasteiger partial charge is 0.298 e. The van der Waals surface area contributed by atoms with Gasteiger partial charge in [0.05, 0.1) is 5.56 Å². The number of carbonyl (C=O) groups excluding carboxylic acids is 1. The van der Waals surface area contributed by atoms with Gasteiger partial charge in [0.2, 0.25) is 0 Å². The van der Waals surface area contributed by atoms with Gasteiger partial charge in [-0.15, -0.1) is 0 Å². The first kappa shape index (κ1) is 11.5. The van der Waals surface area contributed by atoms with E-state index in [-0.39, 0.29) is 11.9 Å². The van der Waals surface area contributed by atoms with Gasteiger partial charge in [-0.1, -0.05) is 0 Å². The van der Waals surface area contributed by atoms with Crippen molar-refractivity contribution in [1.29, 1.82) is 0 Å². The summed E-state index contributed by atoms with van der Waals surface area (Å²) in [5.41, 5.74) is 1.85. The second-order valence-corrected chi connectivity index (χ2v) is 4.13. The lowest BCUT2D eigenvalue weighted by Gasteiger charge is -2.03. The minimum atomic E-state index is -0.301. The Hall–Kier alpha value is -1.97. The van der Waals surface area contributed by atoms with Gasteiger partial charge in [-0.3, -0.25) is 9.48 Å². The Labute approximate surface area is 98.9 Å². The molecule has 0 atom stereocenters. The van der Waals surface area contributed by atoms with E-state index in [1.165, 1.54) is 12.1 Å². The highest BCUT2D eigenvalue weighted by atomic mass is 19.1. The zero-order chi connectivity index (χ0) is 12.4. The van der Waals surface area contributed by atoms with E-state index >= 15 is 0 Å². The summed E-state index contributed by atoms with van der Waals surface area (Å²) in [5.74, 6) is -0.301. The van der Waals surface area contributed by atoms with Crippen LogP contribution in [0.2, 0.25) is 0 Å². The first-order valence-corrected chi connectivity index (χ1v) is 5.42. The first-order valence-electron chi connectivity index (χ1n) is 5.42. The zero-order valence-corrected chi connectivity index (χ0v) is 9.72. The number of hydrogen-bond donors (Lipinski definition) is 0. The van der Waals surface area contributed by atoms with E-state index in [9.17, 15) is 9.18 Å². The number of aldehydes is 1. The zero-order valence-electron chi connectivity index (χ0n) is 9.72. The van der Waals surface area contributed by atoms with Crippen LogP contribution in [0, 0.1) is 5.82 Å². The molecule has 0 saturated carbocycles. The fourth-order valence-electron chi connectivity index (χ4n) is 1.59. The molecule has 1 aromatic carbocycles. The minimum absolute atomic E-state index is 0.183. The smallest absolute Gasteiger partial charge is 0.153 e. The second kappa shape index (κ2) is 4.49. The summed E-state index contributed by atoms with van der Waals surface area (Å²) in [5, 5.41) is 4.34.